The van der Waals surface area contributed by atoms with Crippen LogP contribution in [-0.4, -0.2) is 74.5 Å². The second-order valence-electron chi connectivity index (χ2n) is 4.46. The van der Waals surface area contributed by atoms with Gasteiger partial charge in [-0.05, 0) is 25.9 Å². The highest BCUT2D eigenvalue weighted by Crippen LogP contribution is 2.07. The Morgan fingerprint density at radius 1 is 1.12 bits per heavy atom. The monoisotopic (exact) mass is 230 g/mol. The van der Waals surface area contributed by atoms with Crippen molar-refractivity contribution in [1.29, 1.82) is 0 Å². The molecule has 1 fully saturated rings. The number of likely N-dealkylation sites (tertiary alicyclic amines) is 1. The Bertz CT molecular complexity index is 161. The Morgan fingerprint density at radius 2 is 1.88 bits per heavy atom. The summed E-state index contributed by atoms with van der Waals surface area (Å²) in [5, 5.41) is 8.98. The van der Waals surface area contributed by atoms with Gasteiger partial charge in [0.2, 0.25) is 0 Å². The van der Waals surface area contributed by atoms with Crippen molar-refractivity contribution >= 4 is 0 Å². The Balaban J connectivity index is 2.14. The van der Waals surface area contributed by atoms with E-state index in [-0.39, 0.29) is 6.61 Å². The van der Waals surface area contributed by atoms with Crippen molar-refractivity contribution in [2.75, 3.05) is 59.6 Å². The second-order valence-corrected chi connectivity index (χ2v) is 4.46. The van der Waals surface area contributed by atoms with E-state index in [4.69, 9.17) is 9.84 Å². The summed E-state index contributed by atoms with van der Waals surface area (Å²) >= 11 is 0. The first-order valence-corrected chi connectivity index (χ1v) is 6.41. The van der Waals surface area contributed by atoms with Gasteiger partial charge in [0.25, 0.3) is 0 Å². The minimum atomic E-state index is 0.240. The summed E-state index contributed by atoms with van der Waals surface area (Å²) in [5.41, 5.74) is 0. The van der Waals surface area contributed by atoms with E-state index in [1.165, 1.54) is 32.4 Å². The highest BCUT2D eigenvalue weighted by Gasteiger charge is 2.11. The van der Waals surface area contributed by atoms with Crippen LogP contribution in [0.4, 0.5) is 0 Å². The first-order valence-electron chi connectivity index (χ1n) is 6.41. The molecule has 0 unspecified atom stereocenters. The zero-order chi connectivity index (χ0) is 11.6. The van der Waals surface area contributed by atoms with Crippen LogP contribution in [0.25, 0.3) is 0 Å². The minimum Gasteiger partial charge on any atom is -0.395 e. The standard InChI is InChI=1S/C12H26N2O2/c1-16-12-10-14(9-11-15)8-7-13-5-3-2-4-6-13/h15H,2-12H2,1H3. The lowest BCUT2D eigenvalue weighted by Gasteiger charge is -2.29. The van der Waals surface area contributed by atoms with Crippen LogP contribution in [0.3, 0.4) is 0 Å². The lowest BCUT2D eigenvalue weighted by Crippen LogP contribution is -2.40. The number of rotatable bonds is 8. The lowest BCUT2D eigenvalue weighted by molar-refractivity contribution is 0.116. The third-order valence-corrected chi connectivity index (χ3v) is 3.21. The molecule has 0 amide bonds. The van der Waals surface area contributed by atoms with E-state index in [0.29, 0.717) is 0 Å². The maximum absolute atomic E-state index is 8.98. The molecular weight excluding hydrogens is 204 g/mol. The number of hydrogen-bond donors (Lipinski definition) is 1. The molecule has 1 heterocycles. The van der Waals surface area contributed by atoms with Crippen LogP contribution in [0.1, 0.15) is 19.3 Å². The maximum Gasteiger partial charge on any atom is 0.0589 e. The average Bonchev–Trinajstić information content (AvgIpc) is 2.34. The number of hydrogen-bond acceptors (Lipinski definition) is 4. The van der Waals surface area contributed by atoms with E-state index in [2.05, 4.69) is 9.80 Å². The van der Waals surface area contributed by atoms with Gasteiger partial charge in [0, 0.05) is 33.3 Å². The highest BCUT2D eigenvalue weighted by atomic mass is 16.5. The predicted octanol–water partition coefficient (Wildman–Crippen LogP) is 0.413. The zero-order valence-electron chi connectivity index (χ0n) is 10.5. The van der Waals surface area contributed by atoms with Crippen molar-refractivity contribution in [2.45, 2.75) is 19.3 Å². The molecule has 0 radical (unpaired) electrons. The normalized spacial score (nSPS) is 18.2. The number of aliphatic hydroxyl groups excluding tert-OH is 1. The van der Waals surface area contributed by atoms with Crippen LogP contribution in [0, 0.1) is 0 Å². The van der Waals surface area contributed by atoms with E-state index in [1.54, 1.807) is 7.11 Å². The summed E-state index contributed by atoms with van der Waals surface area (Å²) in [4.78, 5) is 4.80. The van der Waals surface area contributed by atoms with Gasteiger partial charge in [-0.3, -0.25) is 4.90 Å². The van der Waals surface area contributed by atoms with Crippen molar-refractivity contribution < 1.29 is 9.84 Å². The van der Waals surface area contributed by atoms with E-state index < -0.39 is 0 Å². The first kappa shape index (κ1) is 13.9. The first-order chi connectivity index (χ1) is 7.86. The van der Waals surface area contributed by atoms with Crippen molar-refractivity contribution in [3.8, 4) is 0 Å². The predicted molar refractivity (Wildman–Crippen MR) is 65.7 cm³/mol. The molecule has 1 saturated heterocycles. The van der Waals surface area contributed by atoms with Crippen LogP contribution in [0.5, 0.6) is 0 Å². The van der Waals surface area contributed by atoms with Crippen LogP contribution in [0.15, 0.2) is 0 Å². The van der Waals surface area contributed by atoms with Gasteiger partial charge in [-0.15, -0.1) is 0 Å². The van der Waals surface area contributed by atoms with E-state index in [9.17, 15) is 0 Å². The molecule has 0 saturated carbocycles. The molecule has 0 aromatic rings. The molecule has 16 heavy (non-hydrogen) atoms. The molecule has 96 valence electrons. The van der Waals surface area contributed by atoms with Gasteiger partial charge in [0.1, 0.15) is 0 Å². The summed E-state index contributed by atoms with van der Waals surface area (Å²) in [7, 11) is 1.72. The summed E-state index contributed by atoms with van der Waals surface area (Å²) in [6.07, 6.45) is 4.08. The lowest BCUT2D eigenvalue weighted by atomic mass is 10.1. The fourth-order valence-electron chi connectivity index (χ4n) is 2.16. The Morgan fingerprint density at radius 3 is 2.50 bits per heavy atom. The number of ether oxygens (including phenoxy) is 1. The summed E-state index contributed by atoms with van der Waals surface area (Å²) in [6, 6.07) is 0. The molecule has 0 aromatic carbocycles. The van der Waals surface area contributed by atoms with Gasteiger partial charge < -0.3 is 14.7 Å². The van der Waals surface area contributed by atoms with Crippen LogP contribution < -0.4 is 0 Å². The van der Waals surface area contributed by atoms with Crippen LogP contribution >= 0.6 is 0 Å². The molecule has 1 N–H and O–H groups in total. The van der Waals surface area contributed by atoms with Gasteiger partial charge >= 0.3 is 0 Å². The molecule has 1 rings (SSSR count). The average molecular weight is 230 g/mol. The maximum atomic E-state index is 8.98. The van der Waals surface area contributed by atoms with Gasteiger partial charge in [-0.25, -0.2) is 0 Å². The Labute approximate surface area is 99.2 Å². The highest BCUT2D eigenvalue weighted by molar-refractivity contribution is 4.67. The fraction of sp³-hybridized carbons (Fsp3) is 1.00. The Kier molecular flexibility index (Phi) is 7.76. The fourth-order valence-corrected chi connectivity index (χ4v) is 2.16. The third kappa shape index (κ3) is 5.80. The Hall–Kier alpha value is -0.160. The number of methoxy groups -OCH3 is 1. The van der Waals surface area contributed by atoms with Crippen molar-refractivity contribution in [3.05, 3.63) is 0 Å². The third-order valence-electron chi connectivity index (χ3n) is 3.21. The second kappa shape index (κ2) is 8.93. The topological polar surface area (TPSA) is 35.9 Å². The smallest absolute Gasteiger partial charge is 0.0589 e. The van der Waals surface area contributed by atoms with Gasteiger partial charge in [-0.2, -0.15) is 0 Å². The van der Waals surface area contributed by atoms with Gasteiger partial charge in [0.05, 0.1) is 13.2 Å². The number of aliphatic hydroxyl groups is 1. The molecule has 1 aliphatic rings. The van der Waals surface area contributed by atoms with E-state index in [1.807, 2.05) is 0 Å². The molecule has 0 aliphatic carbocycles. The quantitative estimate of drug-likeness (QED) is 0.655. The summed E-state index contributed by atoms with van der Waals surface area (Å²) in [5.74, 6) is 0. The number of piperidine rings is 1. The van der Waals surface area contributed by atoms with Crippen LogP contribution in [-0.2, 0) is 4.74 Å². The van der Waals surface area contributed by atoms with Crippen LogP contribution in [0.2, 0.25) is 0 Å². The van der Waals surface area contributed by atoms with E-state index in [0.717, 1.165) is 32.8 Å². The summed E-state index contributed by atoms with van der Waals surface area (Å²) in [6.45, 7) is 7.34. The van der Waals surface area contributed by atoms with E-state index >= 15 is 0 Å². The molecular formula is C12H26N2O2. The molecule has 4 heteroatoms. The van der Waals surface area contributed by atoms with Crippen molar-refractivity contribution in [1.82, 2.24) is 9.80 Å². The minimum absolute atomic E-state index is 0.240. The van der Waals surface area contributed by atoms with Crippen molar-refractivity contribution in [3.63, 3.8) is 0 Å². The van der Waals surface area contributed by atoms with Gasteiger partial charge in [-0.1, -0.05) is 6.42 Å². The van der Waals surface area contributed by atoms with Crippen molar-refractivity contribution in [2.24, 2.45) is 0 Å². The largest absolute Gasteiger partial charge is 0.395 e. The molecule has 0 aromatic heterocycles. The summed E-state index contributed by atoms with van der Waals surface area (Å²) < 4.78 is 5.07. The molecule has 0 bridgehead atoms. The van der Waals surface area contributed by atoms with Gasteiger partial charge in [0.15, 0.2) is 0 Å². The molecule has 1 aliphatic heterocycles. The molecule has 4 nitrogen and oxygen atoms in total. The number of nitrogens with zero attached hydrogens (tertiary/aromatic N) is 2. The SMILES string of the molecule is COCCN(CCO)CCN1CCCCC1. The molecule has 0 atom stereocenters. The zero-order valence-corrected chi connectivity index (χ0v) is 10.5. The molecule has 0 spiro atoms.